The molecule has 0 saturated carbocycles. The number of ether oxygens (including phenoxy) is 1. The van der Waals surface area contributed by atoms with Crippen molar-refractivity contribution in [2.45, 2.75) is 33.3 Å². The number of aryl methyl sites for hydroxylation is 2. The first-order valence-corrected chi connectivity index (χ1v) is 8.19. The lowest BCUT2D eigenvalue weighted by atomic mass is 10.0. The molecule has 0 radical (unpaired) electrons. The molecule has 0 unspecified atom stereocenters. The van der Waals surface area contributed by atoms with Crippen molar-refractivity contribution in [3.63, 3.8) is 0 Å². The van der Waals surface area contributed by atoms with Gasteiger partial charge >= 0.3 is 0 Å². The average Bonchev–Trinajstić information content (AvgIpc) is 2.32. The molecule has 0 aliphatic carbocycles. The fourth-order valence-corrected chi connectivity index (χ4v) is 2.53. The quantitative estimate of drug-likeness (QED) is 0.667. The number of hydrogen-bond donors (Lipinski definition) is 0. The van der Waals surface area contributed by atoms with E-state index < -0.39 is 0 Å². The van der Waals surface area contributed by atoms with Crippen LogP contribution in [0.25, 0.3) is 6.08 Å². The number of benzene rings is 1. The van der Waals surface area contributed by atoms with Crippen LogP contribution in [0.2, 0.25) is 0 Å². The van der Waals surface area contributed by atoms with E-state index in [0.29, 0.717) is 6.61 Å². The SMILES string of the molecule is CSOCC(C)(C)Oc1c(C)cc(/C=C/Br)cc1C. The van der Waals surface area contributed by atoms with Gasteiger partial charge in [-0.3, -0.25) is 0 Å². The van der Waals surface area contributed by atoms with Crippen LogP contribution >= 0.6 is 28.0 Å². The summed E-state index contributed by atoms with van der Waals surface area (Å²) in [6.07, 6.45) is 3.93. The summed E-state index contributed by atoms with van der Waals surface area (Å²) in [6, 6.07) is 4.23. The molecular formula is C15H21BrO2S. The Balaban J connectivity index is 2.95. The summed E-state index contributed by atoms with van der Waals surface area (Å²) in [5, 5.41) is 0. The largest absolute Gasteiger partial charge is 0.485 e. The molecule has 0 bridgehead atoms. The fourth-order valence-electron chi connectivity index (χ4n) is 1.82. The van der Waals surface area contributed by atoms with E-state index in [9.17, 15) is 0 Å². The molecule has 4 heteroatoms. The minimum absolute atomic E-state index is 0.342. The number of rotatable bonds is 6. The molecule has 0 atom stereocenters. The van der Waals surface area contributed by atoms with Crippen molar-refractivity contribution in [3.8, 4) is 5.75 Å². The smallest absolute Gasteiger partial charge is 0.128 e. The van der Waals surface area contributed by atoms with Gasteiger partial charge in [0.25, 0.3) is 0 Å². The Morgan fingerprint density at radius 2 is 1.84 bits per heavy atom. The second kappa shape index (κ2) is 7.36. The van der Waals surface area contributed by atoms with Crippen LogP contribution < -0.4 is 4.74 Å². The molecule has 0 heterocycles. The Kier molecular flexibility index (Phi) is 6.43. The Hall–Kier alpha value is -0.450. The standard InChI is InChI=1S/C15H21BrO2S/c1-11-8-13(6-7-16)9-12(2)14(11)18-15(3,4)10-17-19-5/h6-9H,10H2,1-5H3/b7-6+. The van der Waals surface area contributed by atoms with Gasteiger partial charge in [0.1, 0.15) is 18.0 Å². The predicted octanol–water partition coefficient (Wildman–Crippen LogP) is 5.12. The van der Waals surface area contributed by atoms with Crippen molar-refractivity contribution in [1.82, 2.24) is 0 Å². The van der Waals surface area contributed by atoms with Crippen LogP contribution in [0.5, 0.6) is 5.75 Å². The zero-order valence-electron chi connectivity index (χ0n) is 12.1. The van der Waals surface area contributed by atoms with E-state index in [2.05, 4.69) is 41.9 Å². The maximum atomic E-state index is 6.12. The number of halogens is 1. The molecule has 1 rings (SSSR count). The van der Waals surface area contributed by atoms with Crippen LogP contribution in [-0.2, 0) is 4.18 Å². The van der Waals surface area contributed by atoms with E-state index in [0.717, 1.165) is 22.4 Å². The van der Waals surface area contributed by atoms with Gasteiger partial charge in [0.15, 0.2) is 0 Å². The van der Waals surface area contributed by atoms with Crippen molar-refractivity contribution < 1.29 is 8.92 Å². The van der Waals surface area contributed by atoms with Gasteiger partial charge in [0.05, 0.1) is 0 Å². The maximum absolute atomic E-state index is 6.12. The van der Waals surface area contributed by atoms with Gasteiger partial charge in [-0.25, -0.2) is 0 Å². The summed E-state index contributed by atoms with van der Waals surface area (Å²) in [7, 11) is 0. The van der Waals surface area contributed by atoms with Crippen LogP contribution in [0.1, 0.15) is 30.5 Å². The van der Waals surface area contributed by atoms with Crippen molar-refractivity contribution in [1.29, 1.82) is 0 Å². The topological polar surface area (TPSA) is 18.5 Å². The Bertz CT molecular complexity index is 432. The van der Waals surface area contributed by atoms with Crippen molar-refractivity contribution >= 4 is 34.0 Å². The van der Waals surface area contributed by atoms with Crippen LogP contribution in [0.4, 0.5) is 0 Å². The van der Waals surface area contributed by atoms with Crippen molar-refractivity contribution in [2.24, 2.45) is 0 Å². The van der Waals surface area contributed by atoms with E-state index in [-0.39, 0.29) is 5.60 Å². The fraction of sp³-hybridized carbons (Fsp3) is 0.467. The third-order valence-electron chi connectivity index (χ3n) is 2.64. The van der Waals surface area contributed by atoms with Crippen molar-refractivity contribution in [2.75, 3.05) is 12.9 Å². The third-order valence-corrected chi connectivity index (χ3v) is 3.26. The molecule has 106 valence electrons. The van der Waals surface area contributed by atoms with E-state index >= 15 is 0 Å². The lowest BCUT2D eigenvalue weighted by molar-refractivity contribution is 0.0595. The van der Waals surface area contributed by atoms with Gasteiger partial charge in [0.2, 0.25) is 0 Å². The predicted molar refractivity (Wildman–Crippen MR) is 88.1 cm³/mol. The van der Waals surface area contributed by atoms with E-state index in [4.69, 9.17) is 8.92 Å². The molecule has 2 nitrogen and oxygen atoms in total. The highest BCUT2D eigenvalue weighted by Gasteiger charge is 2.22. The average molecular weight is 345 g/mol. The van der Waals surface area contributed by atoms with Gasteiger partial charge < -0.3 is 8.92 Å². The normalized spacial score (nSPS) is 12.1. The minimum Gasteiger partial charge on any atom is -0.485 e. The summed E-state index contributed by atoms with van der Waals surface area (Å²) in [4.78, 5) is 1.86. The molecule has 1 aromatic rings. The summed E-state index contributed by atoms with van der Waals surface area (Å²) in [5.41, 5.74) is 3.10. The van der Waals surface area contributed by atoms with Crippen LogP contribution in [0.15, 0.2) is 17.1 Å². The summed E-state index contributed by atoms with van der Waals surface area (Å²) in [5.74, 6) is 0.946. The summed E-state index contributed by atoms with van der Waals surface area (Å²) >= 11 is 4.66. The maximum Gasteiger partial charge on any atom is 0.128 e. The van der Waals surface area contributed by atoms with Crippen LogP contribution in [0, 0.1) is 13.8 Å². The first kappa shape index (κ1) is 16.6. The molecule has 0 saturated heterocycles. The third kappa shape index (κ3) is 5.21. The monoisotopic (exact) mass is 344 g/mol. The second-order valence-corrected chi connectivity index (χ2v) is 6.16. The molecule has 0 aliphatic rings. The molecule has 0 aromatic heterocycles. The Morgan fingerprint density at radius 1 is 1.26 bits per heavy atom. The lowest BCUT2D eigenvalue weighted by Crippen LogP contribution is -2.33. The summed E-state index contributed by atoms with van der Waals surface area (Å²) in [6.45, 7) is 8.76. The molecule has 0 spiro atoms. The molecule has 19 heavy (non-hydrogen) atoms. The van der Waals surface area contributed by atoms with Crippen LogP contribution in [0.3, 0.4) is 0 Å². The minimum atomic E-state index is -0.342. The Labute approximate surface area is 128 Å². The molecule has 1 aromatic carbocycles. The van der Waals surface area contributed by atoms with Gasteiger partial charge in [0, 0.05) is 6.26 Å². The van der Waals surface area contributed by atoms with Gasteiger partial charge in [-0.05, 0) is 79.6 Å². The zero-order chi connectivity index (χ0) is 14.5. The molecule has 0 N–H and O–H groups in total. The lowest BCUT2D eigenvalue weighted by Gasteiger charge is -2.27. The first-order chi connectivity index (χ1) is 8.89. The molecule has 0 amide bonds. The van der Waals surface area contributed by atoms with Crippen LogP contribution in [-0.4, -0.2) is 18.5 Å². The summed E-state index contributed by atoms with van der Waals surface area (Å²) < 4.78 is 11.5. The highest BCUT2D eigenvalue weighted by atomic mass is 79.9. The molecule has 0 aliphatic heterocycles. The number of hydrogen-bond acceptors (Lipinski definition) is 3. The first-order valence-electron chi connectivity index (χ1n) is 6.12. The van der Waals surface area contributed by atoms with E-state index in [1.807, 2.05) is 31.2 Å². The highest BCUT2D eigenvalue weighted by molar-refractivity contribution is 9.11. The molecule has 0 fully saturated rings. The van der Waals surface area contributed by atoms with Gasteiger partial charge in [-0.15, -0.1) is 0 Å². The highest BCUT2D eigenvalue weighted by Crippen LogP contribution is 2.29. The van der Waals surface area contributed by atoms with Crippen molar-refractivity contribution in [3.05, 3.63) is 33.8 Å². The van der Waals surface area contributed by atoms with Gasteiger partial charge in [-0.2, -0.15) is 0 Å². The van der Waals surface area contributed by atoms with Gasteiger partial charge in [-0.1, -0.05) is 15.9 Å². The van der Waals surface area contributed by atoms with E-state index in [1.165, 1.54) is 12.0 Å². The second-order valence-electron chi connectivity index (χ2n) is 5.07. The zero-order valence-corrected chi connectivity index (χ0v) is 14.5. The molecular weight excluding hydrogens is 324 g/mol. The Morgan fingerprint density at radius 3 is 2.32 bits per heavy atom. The van der Waals surface area contributed by atoms with E-state index in [1.54, 1.807) is 0 Å².